The van der Waals surface area contributed by atoms with Gasteiger partial charge in [0, 0.05) is 12.6 Å². The molecule has 0 saturated carbocycles. The van der Waals surface area contributed by atoms with E-state index in [4.69, 9.17) is 0 Å². The zero-order valence-corrected chi connectivity index (χ0v) is 13.2. The zero-order chi connectivity index (χ0) is 14.0. The van der Waals surface area contributed by atoms with Crippen LogP contribution >= 0.6 is 0 Å². The molecule has 1 N–H and O–H groups in total. The lowest BCUT2D eigenvalue weighted by Crippen LogP contribution is -2.39. The van der Waals surface area contributed by atoms with E-state index in [9.17, 15) is 0 Å². The maximum atomic E-state index is 3.74. The molecule has 0 aromatic heterocycles. The fraction of sp³-hybridized carbons (Fsp3) is 0.667. The molecule has 106 valence electrons. The molecule has 19 heavy (non-hydrogen) atoms. The van der Waals surface area contributed by atoms with Gasteiger partial charge in [-0.2, -0.15) is 0 Å². The summed E-state index contributed by atoms with van der Waals surface area (Å²) in [6, 6.07) is 7.78. The Bertz CT molecular complexity index is 420. The lowest BCUT2D eigenvalue weighted by Gasteiger charge is -2.34. The molecular formula is C18H29N. The SMILES string of the molecule is CC(C)Cc1ccc2c(c1)CNC(CC(C)C)C2C. The third-order valence-corrected chi connectivity index (χ3v) is 4.23. The average Bonchev–Trinajstić information content (AvgIpc) is 2.31. The van der Waals surface area contributed by atoms with Gasteiger partial charge >= 0.3 is 0 Å². The van der Waals surface area contributed by atoms with Crippen molar-refractivity contribution < 1.29 is 0 Å². The molecular weight excluding hydrogens is 230 g/mol. The minimum absolute atomic E-state index is 0.638. The maximum absolute atomic E-state index is 3.74. The summed E-state index contributed by atoms with van der Waals surface area (Å²) in [4.78, 5) is 0. The number of hydrogen-bond acceptors (Lipinski definition) is 1. The summed E-state index contributed by atoms with van der Waals surface area (Å²) in [7, 11) is 0. The highest BCUT2D eigenvalue weighted by Gasteiger charge is 2.26. The second kappa shape index (κ2) is 6.09. The smallest absolute Gasteiger partial charge is 0.0211 e. The average molecular weight is 259 g/mol. The normalized spacial score (nSPS) is 22.9. The summed E-state index contributed by atoms with van der Waals surface area (Å²) in [5, 5.41) is 3.74. The van der Waals surface area contributed by atoms with Crippen LogP contribution in [-0.4, -0.2) is 6.04 Å². The van der Waals surface area contributed by atoms with E-state index in [1.54, 1.807) is 5.56 Å². The second-order valence-electron chi connectivity index (χ2n) is 7.04. The van der Waals surface area contributed by atoms with E-state index in [1.165, 1.54) is 24.0 Å². The number of nitrogens with one attached hydrogen (secondary N) is 1. The van der Waals surface area contributed by atoms with Crippen LogP contribution in [0.2, 0.25) is 0 Å². The summed E-state index contributed by atoms with van der Waals surface area (Å²) in [5.74, 6) is 2.14. The fourth-order valence-electron chi connectivity index (χ4n) is 3.28. The van der Waals surface area contributed by atoms with Crippen LogP contribution in [0.5, 0.6) is 0 Å². The molecule has 1 aromatic rings. The fourth-order valence-corrected chi connectivity index (χ4v) is 3.28. The summed E-state index contributed by atoms with van der Waals surface area (Å²) in [5.41, 5.74) is 4.58. The highest BCUT2D eigenvalue weighted by atomic mass is 14.9. The molecule has 0 amide bonds. The standard InChI is InChI=1S/C18H29N/c1-12(2)8-15-6-7-17-14(5)18(9-13(3)4)19-11-16(17)10-15/h6-7,10,12-14,18-19H,8-9,11H2,1-5H3. The first-order chi connectivity index (χ1) is 8.97. The van der Waals surface area contributed by atoms with Gasteiger partial charge in [-0.1, -0.05) is 52.8 Å². The van der Waals surface area contributed by atoms with Crippen LogP contribution in [0.3, 0.4) is 0 Å². The van der Waals surface area contributed by atoms with Crippen molar-refractivity contribution in [2.45, 2.75) is 66.0 Å². The van der Waals surface area contributed by atoms with Crippen LogP contribution in [0.15, 0.2) is 18.2 Å². The summed E-state index contributed by atoms with van der Waals surface area (Å²) in [6.07, 6.45) is 2.46. The molecule has 1 aliphatic rings. The van der Waals surface area contributed by atoms with Gasteiger partial charge in [-0.25, -0.2) is 0 Å². The summed E-state index contributed by atoms with van der Waals surface area (Å²) in [6.45, 7) is 12.6. The van der Waals surface area contributed by atoms with Crippen molar-refractivity contribution in [3.63, 3.8) is 0 Å². The first kappa shape index (κ1) is 14.6. The Labute approximate surface area is 118 Å². The van der Waals surface area contributed by atoms with E-state index < -0.39 is 0 Å². The Morgan fingerprint density at radius 1 is 1.16 bits per heavy atom. The first-order valence-electron chi connectivity index (χ1n) is 7.82. The summed E-state index contributed by atoms with van der Waals surface area (Å²) >= 11 is 0. The van der Waals surface area contributed by atoms with Crippen molar-refractivity contribution in [1.29, 1.82) is 0 Å². The molecule has 0 aliphatic carbocycles. The third kappa shape index (κ3) is 3.60. The zero-order valence-electron chi connectivity index (χ0n) is 13.2. The number of rotatable bonds is 4. The molecule has 2 rings (SSSR count). The first-order valence-corrected chi connectivity index (χ1v) is 7.82. The predicted octanol–water partition coefficient (Wildman–Crippen LogP) is 4.51. The van der Waals surface area contributed by atoms with Gasteiger partial charge in [-0.15, -0.1) is 0 Å². The van der Waals surface area contributed by atoms with Crippen molar-refractivity contribution in [3.8, 4) is 0 Å². The minimum Gasteiger partial charge on any atom is -0.309 e. The molecule has 1 heterocycles. The molecule has 0 saturated heterocycles. The highest BCUT2D eigenvalue weighted by Crippen LogP contribution is 2.31. The molecule has 0 spiro atoms. The van der Waals surface area contributed by atoms with Crippen molar-refractivity contribution in [2.24, 2.45) is 11.8 Å². The largest absolute Gasteiger partial charge is 0.309 e. The topological polar surface area (TPSA) is 12.0 Å². The van der Waals surface area contributed by atoms with E-state index in [1.807, 2.05) is 0 Å². The van der Waals surface area contributed by atoms with Gasteiger partial charge in [-0.3, -0.25) is 0 Å². The third-order valence-electron chi connectivity index (χ3n) is 4.23. The molecule has 1 aliphatic heterocycles. The van der Waals surface area contributed by atoms with Crippen LogP contribution in [0.25, 0.3) is 0 Å². The van der Waals surface area contributed by atoms with Gasteiger partial charge < -0.3 is 5.32 Å². The Kier molecular flexibility index (Phi) is 4.67. The van der Waals surface area contributed by atoms with Gasteiger partial charge in [0.05, 0.1) is 0 Å². The van der Waals surface area contributed by atoms with Gasteiger partial charge in [0.1, 0.15) is 0 Å². The molecule has 1 aromatic carbocycles. The molecule has 2 unspecified atom stereocenters. The van der Waals surface area contributed by atoms with Crippen molar-refractivity contribution in [2.75, 3.05) is 0 Å². The molecule has 1 nitrogen and oxygen atoms in total. The van der Waals surface area contributed by atoms with Crippen LogP contribution in [0, 0.1) is 11.8 Å². The van der Waals surface area contributed by atoms with Gasteiger partial charge in [0.2, 0.25) is 0 Å². The molecule has 0 bridgehead atoms. The van der Waals surface area contributed by atoms with E-state index >= 15 is 0 Å². The van der Waals surface area contributed by atoms with E-state index in [-0.39, 0.29) is 0 Å². The molecule has 2 atom stereocenters. The minimum atomic E-state index is 0.638. The quantitative estimate of drug-likeness (QED) is 0.839. The summed E-state index contributed by atoms with van der Waals surface area (Å²) < 4.78 is 0. The Balaban J connectivity index is 2.16. The number of benzene rings is 1. The Morgan fingerprint density at radius 2 is 1.89 bits per heavy atom. The van der Waals surface area contributed by atoms with Crippen molar-refractivity contribution in [3.05, 3.63) is 34.9 Å². The van der Waals surface area contributed by atoms with Gasteiger partial charge in [0.15, 0.2) is 0 Å². The monoisotopic (exact) mass is 259 g/mol. The lowest BCUT2D eigenvalue weighted by atomic mass is 9.81. The van der Waals surface area contributed by atoms with E-state index in [2.05, 4.69) is 58.1 Å². The van der Waals surface area contributed by atoms with E-state index in [0.717, 1.165) is 18.4 Å². The molecule has 0 radical (unpaired) electrons. The lowest BCUT2D eigenvalue weighted by molar-refractivity contribution is 0.355. The van der Waals surface area contributed by atoms with Crippen LogP contribution < -0.4 is 5.32 Å². The predicted molar refractivity (Wildman–Crippen MR) is 83.5 cm³/mol. The van der Waals surface area contributed by atoms with Gasteiger partial charge in [0.25, 0.3) is 0 Å². The van der Waals surface area contributed by atoms with Crippen molar-refractivity contribution >= 4 is 0 Å². The van der Waals surface area contributed by atoms with Crippen LogP contribution in [-0.2, 0) is 13.0 Å². The molecule has 1 heteroatoms. The highest BCUT2D eigenvalue weighted by molar-refractivity contribution is 5.37. The van der Waals surface area contributed by atoms with Crippen LogP contribution in [0.1, 0.15) is 63.6 Å². The molecule has 0 fully saturated rings. The second-order valence-corrected chi connectivity index (χ2v) is 7.04. The number of fused-ring (bicyclic) bond motifs is 1. The number of hydrogen-bond donors (Lipinski definition) is 1. The Hall–Kier alpha value is -0.820. The van der Waals surface area contributed by atoms with Crippen LogP contribution in [0.4, 0.5) is 0 Å². The Morgan fingerprint density at radius 3 is 2.53 bits per heavy atom. The maximum Gasteiger partial charge on any atom is 0.0211 e. The van der Waals surface area contributed by atoms with E-state index in [0.29, 0.717) is 12.0 Å². The van der Waals surface area contributed by atoms with Gasteiger partial charge in [-0.05, 0) is 47.3 Å². The van der Waals surface area contributed by atoms with Crippen molar-refractivity contribution in [1.82, 2.24) is 5.32 Å².